The molecule has 0 unspecified atom stereocenters. The van der Waals surface area contributed by atoms with Crippen LogP contribution in [0.5, 0.6) is 5.75 Å². The molecule has 0 N–H and O–H groups in total. The number of carbonyl (C=O) groups is 1. The molecule has 0 aliphatic heterocycles. The normalized spacial score (nSPS) is 11.0. The summed E-state index contributed by atoms with van der Waals surface area (Å²) in [7, 11) is -2.42. The second-order valence-electron chi connectivity index (χ2n) is 4.30. The molecule has 0 aliphatic carbocycles. The summed E-state index contributed by atoms with van der Waals surface area (Å²) in [5, 5.41) is 0. The van der Waals surface area contributed by atoms with Gasteiger partial charge in [-0.1, -0.05) is 18.2 Å². The van der Waals surface area contributed by atoms with Crippen molar-refractivity contribution in [2.24, 2.45) is 0 Å². The predicted octanol–water partition coefficient (Wildman–Crippen LogP) is 2.44. The van der Waals surface area contributed by atoms with E-state index in [1.165, 1.54) is 38.3 Å². The molecule has 5 nitrogen and oxygen atoms in total. The zero-order chi connectivity index (χ0) is 15.5. The van der Waals surface area contributed by atoms with Crippen molar-refractivity contribution in [3.05, 3.63) is 54.6 Å². The number of ether oxygens (including phenoxy) is 1. The largest absolute Gasteiger partial charge is 0.497 e. The zero-order valence-electron chi connectivity index (χ0n) is 11.7. The minimum absolute atomic E-state index is 0.0658. The molecule has 0 bridgehead atoms. The Balaban J connectivity index is 2.50. The molecular formula is C15H15NO4S. The second kappa shape index (κ2) is 5.97. The topological polar surface area (TPSA) is 63.7 Å². The number of hydrogen-bond donors (Lipinski definition) is 0. The van der Waals surface area contributed by atoms with E-state index in [1.54, 1.807) is 30.3 Å². The average molecular weight is 305 g/mol. The second-order valence-corrected chi connectivity index (χ2v) is 6.09. The van der Waals surface area contributed by atoms with Gasteiger partial charge in [0.15, 0.2) is 0 Å². The maximum atomic E-state index is 12.6. The molecule has 0 saturated heterocycles. The lowest BCUT2D eigenvalue weighted by molar-refractivity contribution is -0.115. The summed E-state index contributed by atoms with van der Waals surface area (Å²) >= 11 is 0. The van der Waals surface area contributed by atoms with Gasteiger partial charge in [-0.25, -0.2) is 12.7 Å². The van der Waals surface area contributed by atoms with E-state index in [-0.39, 0.29) is 10.6 Å². The Morgan fingerprint density at radius 2 is 1.57 bits per heavy atom. The maximum absolute atomic E-state index is 12.6. The number of methoxy groups -OCH3 is 1. The highest BCUT2D eigenvalue weighted by atomic mass is 32.2. The van der Waals surface area contributed by atoms with Gasteiger partial charge in [0.1, 0.15) is 5.75 Å². The fraction of sp³-hybridized carbons (Fsp3) is 0.133. The monoisotopic (exact) mass is 305 g/mol. The van der Waals surface area contributed by atoms with E-state index >= 15 is 0 Å². The quantitative estimate of drug-likeness (QED) is 0.870. The van der Waals surface area contributed by atoms with E-state index in [0.29, 0.717) is 5.75 Å². The summed E-state index contributed by atoms with van der Waals surface area (Å²) < 4.78 is 31.0. The number of nitrogens with zero attached hydrogens (tertiary/aromatic N) is 1. The van der Waals surface area contributed by atoms with Crippen LogP contribution in [-0.4, -0.2) is 21.4 Å². The molecule has 2 rings (SSSR count). The van der Waals surface area contributed by atoms with Gasteiger partial charge in [-0.2, -0.15) is 0 Å². The highest BCUT2D eigenvalue weighted by molar-refractivity contribution is 7.93. The van der Waals surface area contributed by atoms with Crippen molar-refractivity contribution in [1.82, 2.24) is 0 Å². The average Bonchev–Trinajstić information content (AvgIpc) is 2.48. The molecule has 0 spiro atoms. The van der Waals surface area contributed by atoms with Crippen LogP contribution in [0.15, 0.2) is 59.5 Å². The lowest BCUT2D eigenvalue weighted by Gasteiger charge is -2.21. The fourth-order valence-electron chi connectivity index (χ4n) is 1.91. The number of rotatable bonds is 4. The van der Waals surface area contributed by atoms with Crippen molar-refractivity contribution in [2.45, 2.75) is 11.8 Å². The molecule has 2 aromatic rings. The Hall–Kier alpha value is -2.34. The highest BCUT2D eigenvalue weighted by Gasteiger charge is 2.28. The Kier molecular flexibility index (Phi) is 4.28. The van der Waals surface area contributed by atoms with Crippen LogP contribution in [0.25, 0.3) is 0 Å². The van der Waals surface area contributed by atoms with Gasteiger partial charge in [0.05, 0.1) is 17.7 Å². The lowest BCUT2D eigenvalue weighted by Crippen LogP contribution is -2.35. The third-order valence-electron chi connectivity index (χ3n) is 2.87. The van der Waals surface area contributed by atoms with Gasteiger partial charge >= 0.3 is 0 Å². The van der Waals surface area contributed by atoms with Crippen molar-refractivity contribution in [3.8, 4) is 5.75 Å². The Bertz CT molecular complexity index is 724. The standard InChI is InChI=1S/C15H15NO4S/c1-12(17)16(13-8-10-14(20-2)11-9-13)21(18,19)15-6-4-3-5-7-15/h3-11H,1-2H3. The first kappa shape index (κ1) is 15.1. The van der Waals surface area contributed by atoms with Gasteiger partial charge in [-0.15, -0.1) is 0 Å². The molecular weight excluding hydrogens is 290 g/mol. The van der Waals surface area contributed by atoms with Crippen LogP contribution in [0.2, 0.25) is 0 Å². The first-order valence-corrected chi connectivity index (χ1v) is 7.66. The Morgan fingerprint density at radius 1 is 1.00 bits per heavy atom. The molecule has 1 amide bonds. The van der Waals surface area contributed by atoms with Crippen molar-refractivity contribution < 1.29 is 17.9 Å². The molecule has 0 aliphatic rings. The summed E-state index contributed by atoms with van der Waals surface area (Å²) in [5.74, 6) is 0.00313. The fourth-order valence-corrected chi connectivity index (χ4v) is 3.35. The molecule has 2 aromatic carbocycles. The van der Waals surface area contributed by atoms with Gasteiger partial charge in [0, 0.05) is 6.92 Å². The summed E-state index contributed by atoms with van der Waals surface area (Å²) in [6.07, 6.45) is 0. The van der Waals surface area contributed by atoms with Crippen LogP contribution in [0.4, 0.5) is 5.69 Å². The van der Waals surface area contributed by atoms with Gasteiger partial charge in [0.25, 0.3) is 10.0 Å². The smallest absolute Gasteiger partial charge is 0.270 e. The number of carbonyl (C=O) groups excluding carboxylic acids is 1. The molecule has 0 fully saturated rings. The molecule has 0 aromatic heterocycles. The van der Waals surface area contributed by atoms with E-state index in [2.05, 4.69) is 0 Å². The van der Waals surface area contributed by atoms with Crippen molar-refractivity contribution in [2.75, 3.05) is 11.4 Å². The minimum Gasteiger partial charge on any atom is -0.497 e. The van der Waals surface area contributed by atoms with Crippen LogP contribution in [0.3, 0.4) is 0 Å². The third-order valence-corrected chi connectivity index (χ3v) is 4.69. The minimum atomic E-state index is -3.93. The number of hydrogen-bond acceptors (Lipinski definition) is 4. The van der Waals surface area contributed by atoms with Crippen molar-refractivity contribution in [1.29, 1.82) is 0 Å². The van der Waals surface area contributed by atoms with Crippen LogP contribution in [-0.2, 0) is 14.8 Å². The summed E-state index contributed by atoms with van der Waals surface area (Å²) in [5.41, 5.74) is 0.271. The number of anilines is 1. The van der Waals surface area contributed by atoms with Gasteiger partial charge in [-0.05, 0) is 36.4 Å². The number of amides is 1. The molecule has 110 valence electrons. The van der Waals surface area contributed by atoms with E-state index in [0.717, 1.165) is 4.31 Å². The van der Waals surface area contributed by atoms with Crippen LogP contribution >= 0.6 is 0 Å². The van der Waals surface area contributed by atoms with E-state index < -0.39 is 15.9 Å². The Morgan fingerprint density at radius 3 is 2.05 bits per heavy atom. The van der Waals surface area contributed by atoms with Crippen LogP contribution in [0, 0.1) is 0 Å². The van der Waals surface area contributed by atoms with E-state index in [4.69, 9.17) is 4.74 Å². The van der Waals surface area contributed by atoms with Gasteiger partial charge < -0.3 is 4.74 Å². The van der Waals surface area contributed by atoms with Crippen molar-refractivity contribution in [3.63, 3.8) is 0 Å². The SMILES string of the molecule is COc1ccc(N(C(C)=O)S(=O)(=O)c2ccccc2)cc1. The summed E-state index contributed by atoms with van der Waals surface area (Å²) in [6, 6.07) is 14.1. The summed E-state index contributed by atoms with van der Waals surface area (Å²) in [4.78, 5) is 11.9. The van der Waals surface area contributed by atoms with Gasteiger partial charge in [0.2, 0.25) is 5.91 Å². The third kappa shape index (κ3) is 3.05. The van der Waals surface area contributed by atoms with Crippen molar-refractivity contribution >= 4 is 21.6 Å². The first-order valence-electron chi connectivity index (χ1n) is 6.22. The Labute approximate surface area is 123 Å². The van der Waals surface area contributed by atoms with Crippen LogP contribution in [0.1, 0.15) is 6.92 Å². The maximum Gasteiger partial charge on any atom is 0.270 e. The molecule has 0 radical (unpaired) electrons. The molecule has 0 heterocycles. The van der Waals surface area contributed by atoms with E-state index in [9.17, 15) is 13.2 Å². The summed E-state index contributed by atoms with van der Waals surface area (Å²) in [6.45, 7) is 1.21. The lowest BCUT2D eigenvalue weighted by atomic mass is 10.3. The predicted molar refractivity (Wildman–Crippen MR) is 79.8 cm³/mol. The van der Waals surface area contributed by atoms with Gasteiger partial charge in [-0.3, -0.25) is 4.79 Å². The molecule has 21 heavy (non-hydrogen) atoms. The number of benzene rings is 2. The molecule has 0 saturated carbocycles. The van der Waals surface area contributed by atoms with E-state index in [1.807, 2.05) is 0 Å². The molecule has 6 heteroatoms. The number of sulfonamides is 1. The molecule has 0 atom stereocenters. The first-order chi connectivity index (χ1) is 9.96. The zero-order valence-corrected chi connectivity index (χ0v) is 12.5. The highest BCUT2D eigenvalue weighted by Crippen LogP contribution is 2.25. The van der Waals surface area contributed by atoms with Crippen LogP contribution < -0.4 is 9.04 Å².